The number of carboxylic acids is 1. The molecule has 0 unspecified atom stereocenters. The summed E-state index contributed by atoms with van der Waals surface area (Å²) in [5, 5.41) is 9.26. The molecule has 0 spiro atoms. The largest absolute Gasteiger partial charge is 0.478 e. The van der Waals surface area contributed by atoms with Crippen LogP contribution in [0.25, 0.3) is 0 Å². The first-order valence-corrected chi connectivity index (χ1v) is 5.96. The molecule has 0 saturated heterocycles. The minimum atomic E-state index is -0.824. The van der Waals surface area contributed by atoms with Crippen molar-refractivity contribution in [2.45, 2.75) is 48.0 Å². The van der Waals surface area contributed by atoms with Gasteiger partial charge in [0.05, 0.1) is 5.56 Å². The molecule has 0 aliphatic rings. The van der Waals surface area contributed by atoms with E-state index in [1.54, 1.807) is 0 Å². The number of hydrogen-bond acceptors (Lipinski definition) is 1. The molecular formula is C15H22O2. The van der Waals surface area contributed by atoms with Crippen molar-refractivity contribution >= 4 is 5.97 Å². The fourth-order valence-corrected chi connectivity index (χ4v) is 2.36. The van der Waals surface area contributed by atoms with E-state index in [9.17, 15) is 9.90 Å². The van der Waals surface area contributed by atoms with E-state index in [1.165, 1.54) is 11.1 Å². The average molecular weight is 234 g/mol. The number of aromatic carboxylic acids is 1. The minimum Gasteiger partial charge on any atom is -0.478 e. The van der Waals surface area contributed by atoms with E-state index in [0.717, 1.165) is 17.5 Å². The molecule has 0 bridgehead atoms. The predicted octanol–water partition coefficient (Wildman–Crippen LogP) is 3.90. The number of hydrogen-bond donors (Lipinski definition) is 1. The Morgan fingerprint density at radius 3 is 2.12 bits per heavy atom. The summed E-state index contributed by atoms with van der Waals surface area (Å²) < 4.78 is 0. The SMILES string of the molecule is Cc1cc(C)c(C(=O)O)c(C)c1CC(C)(C)C. The number of aryl methyl sites for hydroxylation is 2. The molecule has 0 heterocycles. The Morgan fingerprint density at radius 1 is 1.18 bits per heavy atom. The van der Waals surface area contributed by atoms with Gasteiger partial charge >= 0.3 is 5.97 Å². The first-order valence-electron chi connectivity index (χ1n) is 5.96. The molecule has 0 atom stereocenters. The zero-order chi connectivity index (χ0) is 13.4. The van der Waals surface area contributed by atoms with E-state index in [-0.39, 0.29) is 5.41 Å². The first kappa shape index (κ1) is 13.8. The zero-order valence-corrected chi connectivity index (χ0v) is 11.6. The lowest BCUT2D eigenvalue weighted by Crippen LogP contribution is -2.14. The molecule has 1 aromatic rings. The Bertz CT molecular complexity index is 451. The third-order valence-corrected chi connectivity index (χ3v) is 3.05. The molecule has 1 aromatic carbocycles. The van der Waals surface area contributed by atoms with Crippen LogP contribution < -0.4 is 0 Å². The topological polar surface area (TPSA) is 37.3 Å². The fraction of sp³-hybridized carbons (Fsp3) is 0.533. The van der Waals surface area contributed by atoms with Gasteiger partial charge < -0.3 is 5.11 Å². The molecule has 94 valence electrons. The van der Waals surface area contributed by atoms with E-state index in [2.05, 4.69) is 27.7 Å². The van der Waals surface area contributed by atoms with Crippen LogP contribution in [0.3, 0.4) is 0 Å². The van der Waals surface area contributed by atoms with Gasteiger partial charge in [-0.05, 0) is 54.9 Å². The standard InChI is InChI=1S/C15H22O2/c1-9-7-10(2)13(14(16)17)11(3)12(9)8-15(4,5)6/h7H,8H2,1-6H3,(H,16,17). The predicted molar refractivity (Wildman–Crippen MR) is 70.8 cm³/mol. The van der Waals surface area contributed by atoms with E-state index < -0.39 is 5.97 Å². The number of benzene rings is 1. The molecule has 0 amide bonds. The van der Waals surface area contributed by atoms with Crippen LogP contribution in [-0.4, -0.2) is 11.1 Å². The smallest absolute Gasteiger partial charge is 0.336 e. The number of rotatable bonds is 2. The van der Waals surface area contributed by atoms with Crippen molar-refractivity contribution < 1.29 is 9.90 Å². The molecule has 17 heavy (non-hydrogen) atoms. The Morgan fingerprint density at radius 2 is 1.71 bits per heavy atom. The molecule has 1 rings (SSSR count). The molecule has 0 radical (unpaired) electrons. The van der Waals surface area contributed by atoms with Gasteiger partial charge in [-0.25, -0.2) is 4.79 Å². The van der Waals surface area contributed by atoms with Gasteiger partial charge in [0, 0.05) is 0 Å². The highest BCUT2D eigenvalue weighted by atomic mass is 16.4. The van der Waals surface area contributed by atoms with Crippen LogP contribution >= 0.6 is 0 Å². The van der Waals surface area contributed by atoms with Crippen LogP contribution in [0.1, 0.15) is 53.4 Å². The van der Waals surface area contributed by atoms with Gasteiger partial charge in [0.15, 0.2) is 0 Å². The average Bonchev–Trinajstić information content (AvgIpc) is 2.09. The Labute approximate surface area is 104 Å². The van der Waals surface area contributed by atoms with Gasteiger partial charge in [0.1, 0.15) is 0 Å². The van der Waals surface area contributed by atoms with Gasteiger partial charge in [-0.3, -0.25) is 0 Å². The van der Waals surface area contributed by atoms with Crippen molar-refractivity contribution in [1.82, 2.24) is 0 Å². The van der Waals surface area contributed by atoms with Crippen molar-refractivity contribution in [3.63, 3.8) is 0 Å². The summed E-state index contributed by atoms with van der Waals surface area (Å²) >= 11 is 0. The summed E-state index contributed by atoms with van der Waals surface area (Å²) in [6, 6.07) is 1.98. The van der Waals surface area contributed by atoms with E-state index in [1.807, 2.05) is 19.9 Å². The third-order valence-electron chi connectivity index (χ3n) is 3.05. The van der Waals surface area contributed by atoms with Crippen LogP contribution in [0.15, 0.2) is 6.07 Å². The second-order valence-corrected chi connectivity index (χ2v) is 6.03. The highest BCUT2D eigenvalue weighted by molar-refractivity contribution is 5.91. The Kier molecular flexibility index (Phi) is 3.65. The van der Waals surface area contributed by atoms with Crippen LogP contribution in [0.2, 0.25) is 0 Å². The highest BCUT2D eigenvalue weighted by Gasteiger charge is 2.20. The summed E-state index contributed by atoms with van der Waals surface area (Å²) in [6.45, 7) is 12.4. The summed E-state index contributed by atoms with van der Waals surface area (Å²) in [5.41, 5.74) is 4.78. The summed E-state index contributed by atoms with van der Waals surface area (Å²) in [4.78, 5) is 11.3. The van der Waals surface area contributed by atoms with Crippen LogP contribution in [0.4, 0.5) is 0 Å². The Balaban J connectivity index is 3.41. The van der Waals surface area contributed by atoms with Crippen molar-refractivity contribution in [2.75, 3.05) is 0 Å². The maximum absolute atomic E-state index is 11.3. The lowest BCUT2D eigenvalue weighted by Gasteiger charge is -2.23. The third kappa shape index (κ3) is 3.09. The van der Waals surface area contributed by atoms with Crippen molar-refractivity contribution in [1.29, 1.82) is 0 Å². The molecule has 2 nitrogen and oxygen atoms in total. The highest BCUT2D eigenvalue weighted by Crippen LogP contribution is 2.28. The summed E-state index contributed by atoms with van der Waals surface area (Å²) in [7, 11) is 0. The molecule has 1 N–H and O–H groups in total. The van der Waals surface area contributed by atoms with Crippen LogP contribution in [0.5, 0.6) is 0 Å². The van der Waals surface area contributed by atoms with Crippen LogP contribution in [0, 0.1) is 26.2 Å². The minimum absolute atomic E-state index is 0.167. The lowest BCUT2D eigenvalue weighted by atomic mass is 9.82. The molecule has 0 aliphatic heterocycles. The van der Waals surface area contributed by atoms with Crippen LogP contribution in [-0.2, 0) is 6.42 Å². The molecule has 0 fully saturated rings. The fourth-order valence-electron chi connectivity index (χ4n) is 2.36. The van der Waals surface area contributed by atoms with Gasteiger partial charge in [-0.1, -0.05) is 26.8 Å². The number of carbonyl (C=O) groups is 1. The van der Waals surface area contributed by atoms with Crippen molar-refractivity contribution in [2.24, 2.45) is 5.41 Å². The van der Waals surface area contributed by atoms with Gasteiger partial charge in [0.2, 0.25) is 0 Å². The summed E-state index contributed by atoms with van der Waals surface area (Å²) in [5.74, 6) is -0.824. The molecule has 0 saturated carbocycles. The second-order valence-electron chi connectivity index (χ2n) is 6.03. The quantitative estimate of drug-likeness (QED) is 0.842. The monoisotopic (exact) mass is 234 g/mol. The maximum Gasteiger partial charge on any atom is 0.336 e. The lowest BCUT2D eigenvalue weighted by molar-refractivity contribution is 0.0695. The van der Waals surface area contributed by atoms with E-state index in [0.29, 0.717) is 5.56 Å². The first-order chi connectivity index (χ1) is 7.63. The van der Waals surface area contributed by atoms with Gasteiger partial charge in [-0.2, -0.15) is 0 Å². The van der Waals surface area contributed by atoms with Crippen molar-refractivity contribution in [3.05, 3.63) is 33.9 Å². The second kappa shape index (κ2) is 4.52. The van der Waals surface area contributed by atoms with E-state index >= 15 is 0 Å². The number of carboxylic acid groups (broad SMARTS) is 1. The van der Waals surface area contributed by atoms with E-state index in [4.69, 9.17) is 0 Å². The van der Waals surface area contributed by atoms with Gasteiger partial charge in [0.25, 0.3) is 0 Å². The molecule has 0 aromatic heterocycles. The molecule has 0 aliphatic carbocycles. The van der Waals surface area contributed by atoms with Crippen molar-refractivity contribution in [3.8, 4) is 0 Å². The molecular weight excluding hydrogens is 212 g/mol. The normalized spacial score (nSPS) is 11.6. The van der Waals surface area contributed by atoms with Gasteiger partial charge in [-0.15, -0.1) is 0 Å². The maximum atomic E-state index is 11.3. The summed E-state index contributed by atoms with van der Waals surface area (Å²) in [6.07, 6.45) is 0.908. The zero-order valence-electron chi connectivity index (χ0n) is 11.6. The molecule has 2 heteroatoms. The Hall–Kier alpha value is -1.31.